The molecule has 0 aromatic heterocycles. The van der Waals surface area contributed by atoms with Crippen molar-refractivity contribution in [1.82, 2.24) is 4.90 Å². The van der Waals surface area contributed by atoms with Crippen LogP contribution in [0.2, 0.25) is 0 Å². The Hall–Kier alpha value is -2.93. The molecule has 0 saturated heterocycles. The van der Waals surface area contributed by atoms with Crippen molar-refractivity contribution >= 4 is 11.8 Å². The molecule has 1 aliphatic heterocycles. The van der Waals surface area contributed by atoms with Crippen LogP contribution in [0.1, 0.15) is 50.6 Å². The molecule has 2 aromatic rings. The van der Waals surface area contributed by atoms with E-state index in [-0.39, 0.29) is 35.8 Å². The van der Waals surface area contributed by atoms with Gasteiger partial charge in [0.15, 0.2) is 0 Å². The first-order chi connectivity index (χ1) is 14.5. The smallest absolute Gasteiger partial charge is 0.253 e. The number of primary amides is 1. The summed E-state index contributed by atoms with van der Waals surface area (Å²) < 4.78 is 19.6. The minimum atomic E-state index is -0.791. The number of fused-ring (bicyclic) bond motifs is 1. The van der Waals surface area contributed by atoms with Crippen LogP contribution in [0.4, 0.5) is 4.39 Å². The third kappa shape index (κ3) is 3.54. The largest absolute Gasteiger partial charge is 0.486 e. The zero-order valence-electron chi connectivity index (χ0n) is 16.8. The second-order valence-corrected chi connectivity index (χ2v) is 8.00. The van der Waals surface area contributed by atoms with Gasteiger partial charge in [0, 0.05) is 30.8 Å². The van der Waals surface area contributed by atoms with Crippen LogP contribution >= 0.6 is 0 Å². The fraction of sp³-hybridized carbons (Fsp3) is 0.391. The number of hydrogen-bond donors (Lipinski definition) is 2. The van der Waals surface area contributed by atoms with Crippen molar-refractivity contribution in [2.45, 2.75) is 30.9 Å². The van der Waals surface area contributed by atoms with Crippen LogP contribution in [0.3, 0.4) is 0 Å². The van der Waals surface area contributed by atoms with Gasteiger partial charge in [0.2, 0.25) is 0 Å². The monoisotopic (exact) mass is 412 g/mol. The van der Waals surface area contributed by atoms with Gasteiger partial charge in [-0.15, -0.1) is 0 Å². The van der Waals surface area contributed by atoms with Crippen molar-refractivity contribution in [3.8, 4) is 5.75 Å². The summed E-state index contributed by atoms with van der Waals surface area (Å²) in [7, 11) is 1.72. The number of halogens is 1. The van der Waals surface area contributed by atoms with Crippen molar-refractivity contribution in [2.75, 3.05) is 20.3 Å². The van der Waals surface area contributed by atoms with Gasteiger partial charge < -0.3 is 20.5 Å². The normalized spacial score (nSPS) is 24.1. The first-order valence-corrected chi connectivity index (χ1v) is 10.1. The average Bonchev–Trinajstić information content (AvgIpc) is 3.42. The molecular weight excluding hydrogens is 387 g/mol. The number of benzene rings is 2. The van der Waals surface area contributed by atoms with Crippen LogP contribution < -0.4 is 10.5 Å². The maximum atomic E-state index is 13.8. The fourth-order valence-electron chi connectivity index (χ4n) is 4.45. The van der Waals surface area contributed by atoms with Crippen LogP contribution in [0.5, 0.6) is 5.75 Å². The predicted molar refractivity (Wildman–Crippen MR) is 109 cm³/mol. The lowest BCUT2D eigenvalue weighted by Crippen LogP contribution is -2.30. The molecule has 0 bridgehead atoms. The SMILES string of the molecule is CN(C(=O)c1cc(C(N)=O)c2c(c1)[C@H](c1ccccc1)[C@@H](CF)O2)C1CC1CCO. The summed E-state index contributed by atoms with van der Waals surface area (Å²) >= 11 is 0. The van der Waals surface area contributed by atoms with Crippen molar-refractivity contribution in [3.63, 3.8) is 0 Å². The van der Waals surface area contributed by atoms with E-state index in [0.29, 0.717) is 17.5 Å². The molecule has 1 fully saturated rings. The Morgan fingerprint density at radius 1 is 1.27 bits per heavy atom. The van der Waals surface area contributed by atoms with Crippen molar-refractivity contribution in [2.24, 2.45) is 11.7 Å². The Kier molecular flexibility index (Phi) is 5.47. The molecule has 2 amide bonds. The van der Waals surface area contributed by atoms with E-state index < -0.39 is 24.6 Å². The zero-order chi connectivity index (χ0) is 21.4. The molecule has 0 spiro atoms. The standard InChI is InChI=1S/C23H25FN2O4/c1-26(18-11-14(18)7-8-27)23(29)15-9-16-20(13-5-3-2-4-6-13)19(12-24)30-21(16)17(10-15)22(25)28/h2-6,9-10,14,18-20,27H,7-8,11-12H2,1H3,(H2,25,28)/t14?,18?,19-,20+/m1/s1. The van der Waals surface area contributed by atoms with Crippen LogP contribution in [0, 0.1) is 5.92 Å². The van der Waals surface area contributed by atoms with E-state index >= 15 is 0 Å². The lowest BCUT2D eigenvalue weighted by molar-refractivity contribution is 0.0775. The lowest BCUT2D eigenvalue weighted by Gasteiger charge is -2.19. The van der Waals surface area contributed by atoms with E-state index in [2.05, 4.69) is 0 Å². The number of hydrogen-bond acceptors (Lipinski definition) is 4. The Morgan fingerprint density at radius 2 is 2.00 bits per heavy atom. The maximum absolute atomic E-state index is 13.8. The Morgan fingerprint density at radius 3 is 2.63 bits per heavy atom. The number of alkyl halides is 1. The van der Waals surface area contributed by atoms with Crippen LogP contribution in [-0.4, -0.2) is 54.3 Å². The summed E-state index contributed by atoms with van der Waals surface area (Å²) in [6, 6.07) is 12.5. The third-order valence-corrected chi connectivity index (χ3v) is 6.12. The van der Waals surface area contributed by atoms with E-state index in [9.17, 15) is 14.0 Å². The van der Waals surface area contributed by atoms with Gasteiger partial charge in [-0.1, -0.05) is 30.3 Å². The highest BCUT2D eigenvalue weighted by Gasteiger charge is 2.43. The maximum Gasteiger partial charge on any atom is 0.253 e. The quantitative estimate of drug-likeness (QED) is 0.731. The molecular formula is C23H25FN2O4. The second-order valence-electron chi connectivity index (χ2n) is 8.00. The molecule has 7 heteroatoms. The van der Waals surface area contributed by atoms with Gasteiger partial charge in [-0.25, -0.2) is 4.39 Å². The molecule has 30 heavy (non-hydrogen) atoms. The minimum Gasteiger partial charge on any atom is -0.486 e. The lowest BCUT2D eigenvalue weighted by atomic mass is 9.86. The number of rotatable bonds is 7. The summed E-state index contributed by atoms with van der Waals surface area (Å²) in [5.74, 6) is -0.862. The van der Waals surface area contributed by atoms with Gasteiger partial charge in [-0.2, -0.15) is 0 Å². The molecule has 2 aromatic carbocycles. The molecule has 3 N–H and O–H groups in total. The van der Waals surface area contributed by atoms with Gasteiger partial charge in [0.05, 0.1) is 11.5 Å². The fourth-order valence-corrected chi connectivity index (χ4v) is 4.45. The summed E-state index contributed by atoms with van der Waals surface area (Å²) in [6.07, 6.45) is 0.706. The number of carbonyl (C=O) groups excluding carboxylic acids is 2. The van der Waals surface area contributed by atoms with Crippen LogP contribution in [-0.2, 0) is 0 Å². The third-order valence-electron chi connectivity index (χ3n) is 6.12. The molecule has 2 unspecified atom stereocenters. The molecule has 2 aliphatic rings. The van der Waals surface area contributed by atoms with E-state index in [0.717, 1.165) is 12.0 Å². The number of nitrogens with two attached hydrogens (primary N) is 1. The number of nitrogens with zero attached hydrogens (tertiary/aromatic N) is 1. The first-order valence-electron chi connectivity index (χ1n) is 10.1. The highest BCUT2D eigenvalue weighted by atomic mass is 19.1. The molecule has 1 heterocycles. The molecule has 6 nitrogen and oxygen atoms in total. The number of carbonyl (C=O) groups is 2. The summed E-state index contributed by atoms with van der Waals surface area (Å²) in [6.45, 7) is -0.644. The summed E-state index contributed by atoms with van der Waals surface area (Å²) in [4.78, 5) is 26.9. The second kappa shape index (κ2) is 8.07. The van der Waals surface area contributed by atoms with Crippen LogP contribution in [0.15, 0.2) is 42.5 Å². The number of ether oxygens (including phenoxy) is 1. The van der Waals surface area contributed by atoms with Crippen molar-refractivity contribution in [3.05, 3.63) is 64.7 Å². The number of aliphatic hydroxyl groups excluding tert-OH is 1. The molecule has 4 rings (SSSR count). The van der Waals surface area contributed by atoms with Crippen molar-refractivity contribution < 1.29 is 23.8 Å². The summed E-state index contributed by atoms with van der Waals surface area (Å²) in [5, 5.41) is 9.12. The zero-order valence-corrected chi connectivity index (χ0v) is 16.8. The molecule has 1 saturated carbocycles. The average molecular weight is 412 g/mol. The minimum absolute atomic E-state index is 0.0645. The Balaban J connectivity index is 1.74. The molecule has 4 atom stereocenters. The molecule has 0 radical (unpaired) electrons. The van der Waals surface area contributed by atoms with Gasteiger partial charge in [-0.05, 0) is 36.5 Å². The van der Waals surface area contributed by atoms with Crippen LogP contribution in [0.25, 0.3) is 0 Å². The van der Waals surface area contributed by atoms with E-state index in [1.165, 1.54) is 6.07 Å². The van der Waals surface area contributed by atoms with E-state index in [1.54, 1.807) is 18.0 Å². The number of amides is 2. The Labute approximate surface area is 174 Å². The van der Waals surface area contributed by atoms with E-state index in [4.69, 9.17) is 15.6 Å². The predicted octanol–water partition coefficient (Wildman–Crippen LogP) is 2.49. The summed E-state index contributed by atoms with van der Waals surface area (Å²) in [5.41, 5.74) is 7.42. The van der Waals surface area contributed by atoms with E-state index in [1.807, 2.05) is 30.3 Å². The number of aliphatic hydroxyl groups is 1. The highest BCUT2D eigenvalue weighted by molar-refractivity contribution is 6.02. The topological polar surface area (TPSA) is 92.9 Å². The molecule has 158 valence electrons. The highest BCUT2D eigenvalue weighted by Crippen LogP contribution is 2.45. The van der Waals surface area contributed by atoms with Gasteiger partial charge >= 0.3 is 0 Å². The van der Waals surface area contributed by atoms with Gasteiger partial charge in [0.1, 0.15) is 18.5 Å². The van der Waals surface area contributed by atoms with Gasteiger partial charge in [-0.3, -0.25) is 9.59 Å². The Bertz CT molecular complexity index is 965. The molecule has 1 aliphatic carbocycles. The first kappa shape index (κ1) is 20.3. The van der Waals surface area contributed by atoms with Crippen molar-refractivity contribution in [1.29, 1.82) is 0 Å². The van der Waals surface area contributed by atoms with Gasteiger partial charge in [0.25, 0.3) is 11.8 Å².